The summed E-state index contributed by atoms with van der Waals surface area (Å²) in [5.41, 5.74) is 0.660. The van der Waals surface area contributed by atoms with Crippen LogP contribution in [0.4, 0.5) is 5.69 Å². The average Bonchev–Trinajstić information content (AvgIpc) is 2.94. The van der Waals surface area contributed by atoms with Crippen molar-refractivity contribution in [1.29, 1.82) is 0 Å². The van der Waals surface area contributed by atoms with Crippen molar-refractivity contribution in [3.63, 3.8) is 0 Å². The summed E-state index contributed by atoms with van der Waals surface area (Å²) in [6, 6.07) is 7.01. The standard InChI is InChI=1S/C15H18ClN3O3/c1-21-9-7-19-11-13(10-17-19)18-15(20)6-8-22-14-4-2-12(16)3-5-14/h2-5,10-11H,6-9H2,1H3,(H,18,20). The van der Waals surface area contributed by atoms with Crippen LogP contribution < -0.4 is 10.1 Å². The van der Waals surface area contributed by atoms with Crippen LogP contribution in [-0.2, 0) is 16.1 Å². The van der Waals surface area contributed by atoms with Crippen molar-refractivity contribution in [3.8, 4) is 5.75 Å². The maximum Gasteiger partial charge on any atom is 0.227 e. The first-order chi connectivity index (χ1) is 10.7. The lowest BCUT2D eigenvalue weighted by atomic mass is 10.3. The Labute approximate surface area is 134 Å². The third-order valence-electron chi connectivity index (χ3n) is 2.85. The molecule has 7 heteroatoms. The van der Waals surface area contributed by atoms with Crippen molar-refractivity contribution in [1.82, 2.24) is 9.78 Å². The number of rotatable bonds is 8. The lowest BCUT2D eigenvalue weighted by Gasteiger charge is -2.06. The first-order valence-electron chi connectivity index (χ1n) is 6.87. The van der Waals surface area contributed by atoms with E-state index >= 15 is 0 Å². The monoisotopic (exact) mass is 323 g/mol. The van der Waals surface area contributed by atoms with Gasteiger partial charge in [-0.2, -0.15) is 5.10 Å². The van der Waals surface area contributed by atoms with E-state index in [1.807, 2.05) is 0 Å². The van der Waals surface area contributed by atoms with Crippen LogP contribution in [0.3, 0.4) is 0 Å². The predicted octanol–water partition coefficient (Wildman–Crippen LogP) is 2.59. The summed E-state index contributed by atoms with van der Waals surface area (Å²) in [5.74, 6) is 0.560. The summed E-state index contributed by atoms with van der Waals surface area (Å²) < 4.78 is 12.1. The fourth-order valence-electron chi connectivity index (χ4n) is 1.75. The lowest BCUT2D eigenvalue weighted by molar-refractivity contribution is -0.116. The van der Waals surface area contributed by atoms with E-state index in [4.69, 9.17) is 21.1 Å². The number of hydrogen-bond donors (Lipinski definition) is 1. The molecular formula is C15H18ClN3O3. The third kappa shape index (κ3) is 5.38. The van der Waals surface area contributed by atoms with Crippen LogP contribution in [0.15, 0.2) is 36.7 Å². The molecule has 1 aromatic carbocycles. The zero-order valence-corrected chi connectivity index (χ0v) is 13.0. The van der Waals surface area contributed by atoms with Crippen molar-refractivity contribution in [3.05, 3.63) is 41.7 Å². The van der Waals surface area contributed by atoms with Crippen LogP contribution in [0.2, 0.25) is 5.02 Å². The molecule has 0 aliphatic heterocycles. The number of anilines is 1. The van der Waals surface area contributed by atoms with Gasteiger partial charge in [-0.3, -0.25) is 9.48 Å². The summed E-state index contributed by atoms with van der Waals surface area (Å²) in [4.78, 5) is 11.8. The van der Waals surface area contributed by atoms with E-state index in [1.54, 1.807) is 48.5 Å². The van der Waals surface area contributed by atoms with Gasteiger partial charge in [0.25, 0.3) is 0 Å². The van der Waals surface area contributed by atoms with E-state index in [9.17, 15) is 4.79 Å². The molecule has 0 atom stereocenters. The second-order valence-corrected chi connectivity index (χ2v) is 5.02. The Kier molecular flexibility index (Phi) is 6.24. The van der Waals surface area contributed by atoms with Gasteiger partial charge in [0.15, 0.2) is 0 Å². The summed E-state index contributed by atoms with van der Waals surface area (Å²) in [5, 5.41) is 7.54. The normalized spacial score (nSPS) is 10.5. The van der Waals surface area contributed by atoms with Crippen molar-refractivity contribution in [2.75, 3.05) is 25.6 Å². The van der Waals surface area contributed by atoms with Crippen LogP contribution in [-0.4, -0.2) is 36.0 Å². The molecule has 2 rings (SSSR count). The van der Waals surface area contributed by atoms with E-state index in [2.05, 4.69) is 10.4 Å². The summed E-state index contributed by atoms with van der Waals surface area (Å²) in [6.07, 6.45) is 3.62. The van der Waals surface area contributed by atoms with Gasteiger partial charge in [0.1, 0.15) is 5.75 Å². The average molecular weight is 324 g/mol. The molecule has 6 nitrogen and oxygen atoms in total. The predicted molar refractivity (Wildman–Crippen MR) is 84.3 cm³/mol. The largest absolute Gasteiger partial charge is 0.493 e. The molecule has 0 bridgehead atoms. The maximum absolute atomic E-state index is 11.8. The number of nitrogens with zero attached hydrogens (tertiary/aromatic N) is 2. The summed E-state index contributed by atoms with van der Waals surface area (Å²) in [6.45, 7) is 1.52. The number of methoxy groups -OCH3 is 1. The van der Waals surface area contributed by atoms with E-state index < -0.39 is 0 Å². The van der Waals surface area contributed by atoms with E-state index in [1.165, 1.54) is 0 Å². The van der Waals surface area contributed by atoms with Gasteiger partial charge in [0, 0.05) is 18.3 Å². The van der Waals surface area contributed by atoms with Crippen molar-refractivity contribution in [2.24, 2.45) is 0 Å². The molecule has 0 fully saturated rings. The van der Waals surface area contributed by atoms with Gasteiger partial charge >= 0.3 is 0 Å². The number of aromatic nitrogens is 2. The minimum absolute atomic E-state index is 0.125. The molecule has 0 aliphatic rings. The highest BCUT2D eigenvalue weighted by Gasteiger charge is 2.05. The number of nitrogens with one attached hydrogen (secondary N) is 1. The van der Waals surface area contributed by atoms with Crippen LogP contribution >= 0.6 is 11.6 Å². The molecule has 1 N–H and O–H groups in total. The van der Waals surface area contributed by atoms with Crippen LogP contribution in [0.25, 0.3) is 0 Å². The van der Waals surface area contributed by atoms with Crippen molar-refractivity contribution >= 4 is 23.2 Å². The molecule has 2 aromatic rings. The number of benzene rings is 1. The van der Waals surface area contributed by atoms with E-state index in [-0.39, 0.29) is 12.3 Å². The van der Waals surface area contributed by atoms with Crippen LogP contribution in [0.1, 0.15) is 6.42 Å². The SMILES string of the molecule is COCCn1cc(NC(=O)CCOc2ccc(Cl)cc2)cn1. The Balaban J connectivity index is 1.71. The summed E-state index contributed by atoms with van der Waals surface area (Å²) >= 11 is 5.78. The van der Waals surface area contributed by atoms with Gasteiger partial charge in [-0.05, 0) is 24.3 Å². The van der Waals surface area contributed by atoms with Gasteiger partial charge in [0.05, 0.1) is 38.1 Å². The molecule has 0 saturated heterocycles. The van der Waals surface area contributed by atoms with E-state index in [0.29, 0.717) is 36.2 Å². The highest BCUT2D eigenvalue weighted by molar-refractivity contribution is 6.30. The Bertz CT molecular complexity index is 598. The van der Waals surface area contributed by atoms with Gasteiger partial charge < -0.3 is 14.8 Å². The number of ether oxygens (including phenoxy) is 2. The van der Waals surface area contributed by atoms with Gasteiger partial charge in [-0.1, -0.05) is 11.6 Å². The number of amides is 1. The summed E-state index contributed by atoms with van der Waals surface area (Å²) in [7, 11) is 1.63. The highest BCUT2D eigenvalue weighted by atomic mass is 35.5. The zero-order valence-electron chi connectivity index (χ0n) is 12.3. The maximum atomic E-state index is 11.8. The second-order valence-electron chi connectivity index (χ2n) is 4.59. The quantitative estimate of drug-likeness (QED) is 0.811. The van der Waals surface area contributed by atoms with Crippen molar-refractivity contribution in [2.45, 2.75) is 13.0 Å². The van der Waals surface area contributed by atoms with Crippen molar-refractivity contribution < 1.29 is 14.3 Å². The Morgan fingerprint density at radius 1 is 1.32 bits per heavy atom. The molecule has 22 heavy (non-hydrogen) atoms. The molecule has 0 radical (unpaired) electrons. The molecule has 0 aliphatic carbocycles. The second kappa shape index (κ2) is 8.41. The molecule has 0 unspecified atom stereocenters. The highest BCUT2D eigenvalue weighted by Crippen LogP contribution is 2.15. The fraction of sp³-hybridized carbons (Fsp3) is 0.333. The molecule has 118 valence electrons. The zero-order chi connectivity index (χ0) is 15.8. The first-order valence-corrected chi connectivity index (χ1v) is 7.25. The number of halogens is 1. The van der Waals surface area contributed by atoms with Gasteiger partial charge in [-0.25, -0.2) is 0 Å². The number of carbonyl (C=O) groups excluding carboxylic acids is 1. The lowest BCUT2D eigenvalue weighted by Crippen LogP contribution is -2.14. The number of carbonyl (C=O) groups is 1. The Morgan fingerprint density at radius 2 is 2.09 bits per heavy atom. The van der Waals surface area contributed by atoms with Crippen LogP contribution in [0.5, 0.6) is 5.75 Å². The van der Waals surface area contributed by atoms with E-state index in [0.717, 1.165) is 0 Å². The molecule has 1 amide bonds. The molecule has 1 aromatic heterocycles. The molecule has 1 heterocycles. The Morgan fingerprint density at radius 3 is 2.82 bits per heavy atom. The fourth-order valence-corrected chi connectivity index (χ4v) is 1.88. The smallest absolute Gasteiger partial charge is 0.227 e. The molecule has 0 spiro atoms. The topological polar surface area (TPSA) is 65.4 Å². The molecule has 0 saturated carbocycles. The van der Waals surface area contributed by atoms with Crippen LogP contribution in [0, 0.1) is 0 Å². The minimum Gasteiger partial charge on any atom is -0.493 e. The minimum atomic E-state index is -0.125. The third-order valence-corrected chi connectivity index (χ3v) is 3.10. The number of hydrogen-bond acceptors (Lipinski definition) is 4. The Hall–Kier alpha value is -2.05. The van der Waals surface area contributed by atoms with Gasteiger partial charge in [0.2, 0.25) is 5.91 Å². The first kappa shape index (κ1) is 16.3. The molecular weight excluding hydrogens is 306 g/mol. The van der Waals surface area contributed by atoms with Gasteiger partial charge in [-0.15, -0.1) is 0 Å².